The van der Waals surface area contributed by atoms with Crippen LogP contribution in [0.2, 0.25) is 0 Å². The summed E-state index contributed by atoms with van der Waals surface area (Å²) in [6.45, 7) is 7.98. The number of likely N-dealkylation sites (N-methyl/N-ethyl adjacent to an activating group) is 1. The van der Waals surface area contributed by atoms with Gasteiger partial charge in [0.25, 0.3) is 0 Å². The Balaban J connectivity index is 3.76. The van der Waals surface area contributed by atoms with Gasteiger partial charge in [-0.3, -0.25) is 4.90 Å². The number of rotatable bonds is 5. The van der Waals surface area contributed by atoms with Gasteiger partial charge in [-0.05, 0) is 20.4 Å². The van der Waals surface area contributed by atoms with Crippen molar-refractivity contribution in [3.05, 3.63) is 0 Å². The van der Waals surface area contributed by atoms with Crippen LogP contribution in [0.15, 0.2) is 0 Å². The average Bonchev–Trinajstić information content (AvgIpc) is 2.02. The van der Waals surface area contributed by atoms with Crippen LogP contribution in [0.5, 0.6) is 0 Å². The Bertz CT molecular complexity index is 151. The van der Waals surface area contributed by atoms with Crippen molar-refractivity contribution in [3.8, 4) is 6.07 Å². The molecule has 12 heavy (non-hydrogen) atoms. The number of hydrogen-bond acceptors (Lipinski definition) is 3. The minimum Gasteiger partial charge on any atom is -0.392 e. The smallest absolute Gasteiger partial charge is 0.0666 e. The van der Waals surface area contributed by atoms with Crippen molar-refractivity contribution in [2.45, 2.75) is 26.9 Å². The molecule has 0 aliphatic carbocycles. The topological polar surface area (TPSA) is 47.3 Å². The molecular formula is C9H18N2O. The Kier molecular flexibility index (Phi) is 5.69. The van der Waals surface area contributed by atoms with Crippen LogP contribution >= 0.6 is 0 Å². The van der Waals surface area contributed by atoms with Gasteiger partial charge in [-0.2, -0.15) is 5.26 Å². The van der Waals surface area contributed by atoms with Gasteiger partial charge in [0.05, 0.1) is 18.1 Å². The molecule has 0 aromatic carbocycles. The summed E-state index contributed by atoms with van der Waals surface area (Å²) in [6, 6.07) is 2.18. The molecule has 2 atom stereocenters. The molecule has 0 fully saturated rings. The maximum absolute atomic E-state index is 9.11. The number of hydrogen-bond donors (Lipinski definition) is 1. The Hall–Kier alpha value is -0.590. The maximum Gasteiger partial charge on any atom is 0.0666 e. The first-order chi connectivity index (χ1) is 5.60. The Labute approximate surface area is 74.6 Å². The lowest BCUT2D eigenvalue weighted by molar-refractivity contribution is 0.125. The van der Waals surface area contributed by atoms with Gasteiger partial charge in [-0.25, -0.2) is 0 Å². The van der Waals surface area contributed by atoms with E-state index in [1.165, 1.54) is 0 Å². The highest BCUT2D eigenvalue weighted by Crippen LogP contribution is 1.99. The summed E-state index contributed by atoms with van der Waals surface area (Å²) in [5.41, 5.74) is 0. The van der Waals surface area contributed by atoms with E-state index in [0.29, 0.717) is 6.54 Å². The molecule has 0 spiro atoms. The molecule has 1 unspecified atom stereocenters. The predicted molar refractivity (Wildman–Crippen MR) is 48.6 cm³/mol. The highest BCUT2D eigenvalue weighted by Gasteiger charge is 2.09. The summed E-state index contributed by atoms with van der Waals surface area (Å²) < 4.78 is 0. The lowest BCUT2D eigenvalue weighted by Crippen LogP contribution is -2.34. The van der Waals surface area contributed by atoms with Crippen molar-refractivity contribution in [2.24, 2.45) is 5.92 Å². The predicted octanol–water partition coefficient (Wildman–Crippen LogP) is 0.849. The summed E-state index contributed by atoms with van der Waals surface area (Å²) in [5, 5.41) is 17.7. The van der Waals surface area contributed by atoms with E-state index in [1.807, 2.05) is 13.8 Å². The minimum atomic E-state index is -0.309. The molecule has 0 amide bonds. The standard InChI is InChI=1S/C9H18N2O/c1-4-11(7-9(3)12)6-8(2)5-10/h8-9,12H,4,6-7H2,1-3H3/t8?,9-/m1/s1. The summed E-state index contributed by atoms with van der Waals surface area (Å²) in [7, 11) is 0. The summed E-state index contributed by atoms with van der Waals surface area (Å²) in [6.07, 6.45) is -0.309. The molecule has 0 saturated carbocycles. The molecule has 0 rings (SSSR count). The molecular weight excluding hydrogens is 152 g/mol. The second kappa shape index (κ2) is 5.99. The van der Waals surface area contributed by atoms with E-state index in [9.17, 15) is 0 Å². The molecule has 0 aliphatic rings. The third-order valence-electron chi connectivity index (χ3n) is 1.72. The van der Waals surface area contributed by atoms with Crippen molar-refractivity contribution in [1.82, 2.24) is 4.90 Å². The fourth-order valence-corrected chi connectivity index (χ4v) is 1.13. The van der Waals surface area contributed by atoms with Crippen molar-refractivity contribution in [3.63, 3.8) is 0 Å². The van der Waals surface area contributed by atoms with Gasteiger partial charge in [0.1, 0.15) is 0 Å². The largest absolute Gasteiger partial charge is 0.392 e. The molecule has 0 bridgehead atoms. The van der Waals surface area contributed by atoms with E-state index in [4.69, 9.17) is 10.4 Å². The summed E-state index contributed by atoms with van der Waals surface area (Å²) >= 11 is 0. The van der Waals surface area contributed by atoms with Crippen LogP contribution in [-0.4, -0.2) is 35.7 Å². The number of aliphatic hydroxyl groups excluding tert-OH is 1. The lowest BCUT2D eigenvalue weighted by atomic mass is 10.2. The molecule has 0 radical (unpaired) electrons. The molecule has 0 saturated heterocycles. The fourth-order valence-electron chi connectivity index (χ4n) is 1.13. The second-order valence-corrected chi connectivity index (χ2v) is 3.23. The molecule has 0 heterocycles. The molecule has 0 aliphatic heterocycles. The second-order valence-electron chi connectivity index (χ2n) is 3.23. The van der Waals surface area contributed by atoms with Gasteiger partial charge in [0, 0.05) is 13.1 Å². The lowest BCUT2D eigenvalue weighted by Gasteiger charge is -2.22. The zero-order chi connectivity index (χ0) is 9.56. The molecule has 70 valence electrons. The van der Waals surface area contributed by atoms with Gasteiger partial charge < -0.3 is 5.11 Å². The first-order valence-corrected chi connectivity index (χ1v) is 4.40. The Morgan fingerprint density at radius 3 is 2.33 bits per heavy atom. The molecule has 3 nitrogen and oxygen atoms in total. The molecule has 0 aromatic heterocycles. The molecule has 3 heteroatoms. The minimum absolute atomic E-state index is 0.0451. The number of nitrogens with zero attached hydrogens (tertiary/aromatic N) is 2. The summed E-state index contributed by atoms with van der Waals surface area (Å²) in [5.74, 6) is 0.0451. The highest BCUT2D eigenvalue weighted by molar-refractivity contribution is 4.81. The van der Waals surface area contributed by atoms with E-state index in [2.05, 4.69) is 11.0 Å². The molecule has 0 aromatic rings. The van der Waals surface area contributed by atoms with Crippen molar-refractivity contribution >= 4 is 0 Å². The first kappa shape index (κ1) is 11.4. The van der Waals surface area contributed by atoms with Crippen LogP contribution in [0.4, 0.5) is 0 Å². The number of aliphatic hydroxyl groups is 1. The van der Waals surface area contributed by atoms with E-state index in [1.54, 1.807) is 6.92 Å². The van der Waals surface area contributed by atoms with Gasteiger partial charge in [0.2, 0.25) is 0 Å². The van der Waals surface area contributed by atoms with Crippen LogP contribution in [0.1, 0.15) is 20.8 Å². The molecule has 1 N–H and O–H groups in total. The maximum atomic E-state index is 9.11. The zero-order valence-electron chi connectivity index (χ0n) is 8.12. The van der Waals surface area contributed by atoms with E-state index in [0.717, 1.165) is 13.1 Å². The highest BCUT2D eigenvalue weighted by atomic mass is 16.3. The van der Waals surface area contributed by atoms with Crippen molar-refractivity contribution in [1.29, 1.82) is 5.26 Å². The van der Waals surface area contributed by atoms with E-state index < -0.39 is 0 Å². The van der Waals surface area contributed by atoms with Gasteiger partial charge >= 0.3 is 0 Å². The normalized spacial score (nSPS) is 15.7. The first-order valence-electron chi connectivity index (χ1n) is 4.40. The van der Waals surface area contributed by atoms with Crippen molar-refractivity contribution < 1.29 is 5.11 Å². The Morgan fingerprint density at radius 2 is 2.00 bits per heavy atom. The van der Waals surface area contributed by atoms with E-state index >= 15 is 0 Å². The van der Waals surface area contributed by atoms with Gasteiger partial charge in [-0.1, -0.05) is 6.92 Å². The van der Waals surface area contributed by atoms with Crippen LogP contribution in [0.3, 0.4) is 0 Å². The van der Waals surface area contributed by atoms with Gasteiger partial charge in [0.15, 0.2) is 0 Å². The third-order valence-corrected chi connectivity index (χ3v) is 1.72. The van der Waals surface area contributed by atoms with Crippen LogP contribution in [0.25, 0.3) is 0 Å². The van der Waals surface area contributed by atoms with E-state index in [-0.39, 0.29) is 12.0 Å². The Morgan fingerprint density at radius 1 is 1.42 bits per heavy atom. The van der Waals surface area contributed by atoms with Crippen LogP contribution in [0, 0.1) is 17.2 Å². The zero-order valence-corrected chi connectivity index (χ0v) is 8.12. The van der Waals surface area contributed by atoms with Gasteiger partial charge in [-0.15, -0.1) is 0 Å². The quantitative estimate of drug-likeness (QED) is 0.665. The SMILES string of the molecule is CCN(CC(C)C#N)C[C@@H](C)O. The monoisotopic (exact) mass is 170 g/mol. The fraction of sp³-hybridized carbons (Fsp3) is 0.889. The van der Waals surface area contributed by atoms with Crippen LogP contribution < -0.4 is 0 Å². The average molecular weight is 170 g/mol. The van der Waals surface area contributed by atoms with Crippen LogP contribution in [-0.2, 0) is 0 Å². The third kappa shape index (κ3) is 5.11. The number of nitriles is 1. The van der Waals surface area contributed by atoms with Crippen molar-refractivity contribution in [2.75, 3.05) is 19.6 Å². The summed E-state index contributed by atoms with van der Waals surface area (Å²) in [4.78, 5) is 2.08.